The van der Waals surface area contributed by atoms with Crippen molar-refractivity contribution in [1.82, 2.24) is 24.1 Å². The molecule has 0 saturated heterocycles. The van der Waals surface area contributed by atoms with Gasteiger partial charge in [-0.2, -0.15) is 4.98 Å². The lowest BCUT2D eigenvalue weighted by Crippen LogP contribution is -2.50. The molecule has 12 nitrogen and oxygen atoms in total. The van der Waals surface area contributed by atoms with Crippen LogP contribution in [0, 0.1) is 0 Å². The minimum Gasteiger partial charge on any atom is -0.492 e. The highest BCUT2D eigenvalue weighted by molar-refractivity contribution is 6.30. The third-order valence-corrected chi connectivity index (χ3v) is 5.35. The fourth-order valence-electron chi connectivity index (χ4n) is 3.28. The van der Waals surface area contributed by atoms with Crippen molar-refractivity contribution in [2.24, 2.45) is 4.99 Å². The van der Waals surface area contributed by atoms with Crippen molar-refractivity contribution < 1.29 is 19.4 Å². The van der Waals surface area contributed by atoms with Crippen LogP contribution in [0.4, 0.5) is 5.69 Å². The SMILES string of the molecule is COC(=O)CCn1c(=O)[nH]/c(=N\c2ccc(Oc3cncc(O)n3)cc2)n(Cc2ccc(Cl)cc2)c1=O. The Morgan fingerprint density at radius 2 is 1.81 bits per heavy atom. The van der Waals surface area contributed by atoms with Crippen LogP contribution in [-0.4, -0.2) is 42.3 Å². The van der Waals surface area contributed by atoms with Gasteiger partial charge in [-0.3, -0.25) is 19.3 Å². The molecule has 0 unspecified atom stereocenters. The first-order valence-electron chi connectivity index (χ1n) is 10.9. The second-order valence-corrected chi connectivity index (χ2v) is 8.09. The van der Waals surface area contributed by atoms with E-state index in [1.165, 1.54) is 24.1 Å². The number of aromatic amines is 1. The standard InChI is InChI=1S/C24H21ClN6O6/c1-36-21(33)10-11-30-23(34)29-22(31(24(30)35)14-15-2-4-16(25)5-3-15)27-17-6-8-18(9-7-17)37-20-13-26-12-19(32)28-20/h2-9,12-13H,10-11,14H2,1H3,(H,28,32)(H,27,29,34). The van der Waals surface area contributed by atoms with Crippen molar-refractivity contribution in [3.8, 4) is 17.5 Å². The number of rotatable bonds is 8. The zero-order chi connectivity index (χ0) is 26.4. The lowest BCUT2D eigenvalue weighted by Gasteiger charge is -2.11. The number of hydrogen-bond donors (Lipinski definition) is 2. The van der Waals surface area contributed by atoms with Crippen LogP contribution in [0.5, 0.6) is 17.5 Å². The predicted molar refractivity (Wildman–Crippen MR) is 132 cm³/mol. The average molecular weight is 525 g/mol. The summed E-state index contributed by atoms with van der Waals surface area (Å²) in [6, 6.07) is 13.3. The van der Waals surface area contributed by atoms with E-state index in [1.807, 2.05) is 0 Å². The molecule has 0 atom stereocenters. The Labute approximate surface area is 214 Å². The number of aromatic hydroxyl groups is 1. The highest BCUT2D eigenvalue weighted by Crippen LogP contribution is 2.23. The number of aromatic nitrogens is 5. The van der Waals surface area contributed by atoms with Crippen LogP contribution in [0.25, 0.3) is 0 Å². The topological polar surface area (TPSA) is 154 Å². The van der Waals surface area contributed by atoms with E-state index in [9.17, 15) is 19.5 Å². The van der Waals surface area contributed by atoms with Gasteiger partial charge in [0.1, 0.15) is 5.75 Å². The highest BCUT2D eigenvalue weighted by Gasteiger charge is 2.12. The zero-order valence-electron chi connectivity index (χ0n) is 19.5. The van der Waals surface area contributed by atoms with Gasteiger partial charge in [-0.1, -0.05) is 23.7 Å². The Bertz CT molecular complexity index is 1590. The molecule has 37 heavy (non-hydrogen) atoms. The number of esters is 1. The van der Waals surface area contributed by atoms with Crippen molar-refractivity contribution in [2.75, 3.05) is 7.11 Å². The van der Waals surface area contributed by atoms with E-state index < -0.39 is 17.3 Å². The normalized spacial score (nSPS) is 11.4. The summed E-state index contributed by atoms with van der Waals surface area (Å²) in [5.74, 6) is -0.326. The fourth-order valence-corrected chi connectivity index (χ4v) is 3.40. The van der Waals surface area contributed by atoms with Crippen LogP contribution in [0.2, 0.25) is 5.02 Å². The Morgan fingerprint density at radius 1 is 1.08 bits per heavy atom. The minimum absolute atomic E-state index is 0.00628. The zero-order valence-corrected chi connectivity index (χ0v) is 20.3. The number of H-pyrrole nitrogens is 1. The molecule has 0 saturated carbocycles. The third kappa shape index (κ3) is 6.49. The molecule has 0 aliphatic heterocycles. The predicted octanol–water partition coefficient (Wildman–Crippen LogP) is 2.12. The molecule has 4 aromatic rings. The van der Waals surface area contributed by atoms with Gasteiger partial charge in [0.25, 0.3) is 0 Å². The van der Waals surface area contributed by atoms with Crippen molar-refractivity contribution in [2.45, 2.75) is 19.5 Å². The van der Waals surface area contributed by atoms with Gasteiger partial charge in [0, 0.05) is 11.6 Å². The number of methoxy groups -OCH3 is 1. The van der Waals surface area contributed by atoms with Gasteiger partial charge in [0.15, 0.2) is 0 Å². The van der Waals surface area contributed by atoms with Gasteiger partial charge in [0.2, 0.25) is 17.4 Å². The first kappa shape index (κ1) is 25.4. The second-order valence-electron chi connectivity index (χ2n) is 7.65. The van der Waals surface area contributed by atoms with Crippen LogP contribution >= 0.6 is 11.6 Å². The lowest BCUT2D eigenvalue weighted by atomic mass is 10.2. The van der Waals surface area contributed by atoms with Gasteiger partial charge < -0.3 is 14.6 Å². The summed E-state index contributed by atoms with van der Waals surface area (Å²) < 4.78 is 12.4. The van der Waals surface area contributed by atoms with Gasteiger partial charge in [-0.05, 0) is 42.0 Å². The molecule has 190 valence electrons. The molecule has 0 radical (unpaired) electrons. The van der Waals surface area contributed by atoms with E-state index in [1.54, 1.807) is 48.5 Å². The van der Waals surface area contributed by atoms with Crippen LogP contribution < -0.4 is 21.7 Å². The van der Waals surface area contributed by atoms with E-state index in [0.29, 0.717) is 16.5 Å². The Hall–Kier alpha value is -4.71. The second kappa shape index (κ2) is 11.4. The smallest absolute Gasteiger partial charge is 0.335 e. The number of halogens is 1. The molecule has 4 rings (SSSR count). The summed E-state index contributed by atoms with van der Waals surface area (Å²) in [5.41, 5.74) is -0.204. The molecule has 0 fully saturated rings. The summed E-state index contributed by atoms with van der Waals surface area (Å²) in [4.78, 5) is 52.2. The number of nitrogens with one attached hydrogen (secondary N) is 1. The molecule has 2 N–H and O–H groups in total. The van der Waals surface area contributed by atoms with Gasteiger partial charge in [-0.25, -0.2) is 19.1 Å². The van der Waals surface area contributed by atoms with Gasteiger partial charge >= 0.3 is 17.3 Å². The number of carbonyl (C=O) groups excluding carboxylic acids is 1. The third-order valence-electron chi connectivity index (χ3n) is 5.10. The molecule has 2 heterocycles. The molecular weight excluding hydrogens is 504 g/mol. The maximum atomic E-state index is 13.3. The van der Waals surface area contributed by atoms with Crippen molar-refractivity contribution in [1.29, 1.82) is 0 Å². The first-order valence-corrected chi connectivity index (χ1v) is 11.3. The quantitative estimate of drug-likeness (QED) is 0.332. The maximum absolute atomic E-state index is 13.3. The largest absolute Gasteiger partial charge is 0.492 e. The average Bonchev–Trinajstić information content (AvgIpc) is 2.88. The maximum Gasteiger partial charge on any atom is 0.335 e. The molecule has 0 aliphatic rings. The number of hydrogen-bond acceptors (Lipinski definition) is 9. The Kier molecular flexibility index (Phi) is 7.79. The van der Waals surface area contributed by atoms with Crippen LogP contribution in [0.3, 0.4) is 0 Å². The number of carbonyl (C=O) groups is 1. The van der Waals surface area contributed by atoms with Crippen LogP contribution in [0.15, 0.2) is 75.5 Å². The molecule has 2 aromatic carbocycles. The molecule has 0 bridgehead atoms. The lowest BCUT2D eigenvalue weighted by molar-refractivity contribution is -0.140. The van der Waals surface area contributed by atoms with Gasteiger partial charge in [-0.15, -0.1) is 0 Å². The summed E-state index contributed by atoms with van der Waals surface area (Å²) >= 11 is 5.97. The highest BCUT2D eigenvalue weighted by atomic mass is 35.5. The number of benzene rings is 2. The molecular formula is C24H21ClN6O6. The summed E-state index contributed by atoms with van der Waals surface area (Å²) in [6.45, 7) is -0.0765. The monoisotopic (exact) mass is 524 g/mol. The summed E-state index contributed by atoms with van der Waals surface area (Å²) in [6.07, 6.45) is 2.37. The van der Waals surface area contributed by atoms with E-state index in [4.69, 9.17) is 16.3 Å². The fraction of sp³-hybridized carbons (Fsp3) is 0.167. The minimum atomic E-state index is -0.720. The van der Waals surface area contributed by atoms with Crippen molar-refractivity contribution in [3.05, 3.63) is 98.1 Å². The number of nitrogens with zero attached hydrogens (tertiary/aromatic N) is 5. The Balaban J connectivity index is 1.71. The van der Waals surface area contributed by atoms with Crippen molar-refractivity contribution in [3.63, 3.8) is 0 Å². The van der Waals surface area contributed by atoms with Crippen molar-refractivity contribution >= 4 is 23.3 Å². The number of ether oxygens (including phenoxy) is 2. The Morgan fingerprint density at radius 3 is 2.49 bits per heavy atom. The van der Waals surface area contributed by atoms with E-state index in [2.05, 4.69) is 24.7 Å². The van der Waals surface area contributed by atoms with E-state index in [-0.39, 0.29) is 36.9 Å². The molecule has 0 spiro atoms. The molecule has 2 aromatic heterocycles. The van der Waals surface area contributed by atoms with E-state index >= 15 is 0 Å². The molecule has 0 aliphatic carbocycles. The summed E-state index contributed by atoms with van der Waals surface area (Å²) in [7, 11) is 1.23. The van der Waals surface area contributed by atoms with E-state index in [0.717, 1.165) is 10.1 Å². The van der Waals surface area contributed by atoms with Crippen LogP contribution in [-0.2, 0) is 22.6 Å². The molecule has 13 heteroatoms. The van der Waals surface area contributed by atoms with Crippen LogP contribution in [0.1, 0.15) is 12.0 Å². The summed E-state index contributed by atoms with van der Waals surface area (Å²) in [5, 5.41) is 9.96. The van der Waals surface area contributed by atoms with Gasteiger partial charge in [0.05, 0.1) is 38.2 Å². The first-order chi connectivity index (χ1) is 17.8. The molecule has 0 amide bonds.